The molecule has 0 aliphatic carbocycles. The number of methoxy groups -OCH3 is 1. The quantitative estimate of drug-likeness (QED) is 0.675. The SMILES string of the molecule is COc1cccc(S(=O)(=O)CCN(C)Cc2ccccc2OC(F)(F)F)c1. The molecule has 0 N–H and O–H groups in total. The summed E-state index contributed by atoms with van der Waals surface area (Å²) in [5.74, 6) is -0.0472. The van der Waals surface area contributed by atoms with Crippen LogP contribution >= 0.6 is 0 Å². The smallest absolute Gasteiger partial charge is 0.497 e. The van der Waals surface area contributed by atoms with Crippen LogP contribution in [-0.2, 0) is 16.4 Å². The van der Waals surface area contributed by atoms with E-state index in [1.807, 2.05) is 0 Å². The van der Waals surface area contributed by atoms with Gasteiger partial charge >= 0.3 is 6.36 Å². The van der Waals surface area contributed by atoms with Gasteiger partial charge in [-0.1, -0.05) is 24.3 Å². The zero-order chi connectivity index (χ0) is 20.1. The van der Waals surface area contributed by atoms with E-state index in [9.17, 15) is 21.6 Å². The molecule has 2 aromatic rings. The highest BCUT2D eigenvalue weighted by atomic mass is 32.2. The highest BCUT2D eigenvalue weighted by Crippen LogP contribution is 2.27. The van der Waals surface area contributed by atoms with Crippen molar-refractivity contribution in [3.63, 3.8) is 0 Å². The van der Waals surface area contributed by atoms with Crippen LogP contribution in [0.4, 0.5) is 13.2 Å². The van der Waals surface area contributed by atoms with Crippen LogP contribution in [-0.4, -0.2) is 46.1 Å². The first-order valence-corrected chi connectivity index (χ1v) is 9.65. The average molecular weight is 403 g/mol. The van der Waals surface area contributed by atoms with Gasteiger partial charge < -0.3 is 14.4 Å². The van der Waals surface area contributed by atoms with Crippen molar-refractivity contribution in [3.8, 4) is 11.5 Å². The van der Waals surface area contributed by atoms with E-state index in [4.69, 9.17) is 4.74 Å². The predicted octanol–water partition coefficient (Wildman–Crippen LogP) is 3.50. The lowest BCUT2D eigenvalue weighted by Gasteiger charge is -2.19. The van der Waals surface area contributed by atoms with Crippen molar-refractivity contribution in [2.75, 3.05) is 26.5 Å². The minimum absolute atomic E-state index is 0.111. The lowest BCUT2D eigenvalue weighted by Crippen LogP contribution is -2.26. The highest BCUT2D eigenvalue weighted by molar-refractivity contribution is 7.91. The summed E-state index contributed by atoms with van der Waals surface area (Å²) in [4.78, 5) is 1.76. The molecule has 0 bridgehead atoms. The summed E-state index contributed by atoms with van der Waals surface area (Å²) in [6, 6.07) is 11.9. The number of hydrogen-bond donors (Lipinski definition) is 0. The predicted molar refractivity (Wildman–Crippen MR) is 94.5 cm³/mol. The van der Waals surface area contributed by atoms with Gasteiger partial charge in [0, 0.05) is 18.7 Å². The molecule has 0 aliphatic rings. The van der Waals surface area contributed by atoms with Gasteiger partial charge in [0.1, 0.15) is 11.5 Å². The van der Waals surface area contributed by atoms with Crippen LogP contribution in [0, 0.1) is 0 Å². The van der Waals surface area contributed by atoms with Gasteiger partial charge in [-0.25, -0.2) is 8.42 Å². The maximum absolute atomic E-state index is 12.5. The Kier molecular flexibility index (Phi) is 6.72. The van der Waals surface area contributed by atoms with Gasteiger partial charge in [0.15, 0.2) is 9.84 Å². The number of hydrogen-bond acceptors (Lipinski definition) is 5. The van der Waals surface area contributed by atoms with Gasteiger partial charge in [-0.2, -0.15) is 0 Å². The molecule has 9 heteroatoms. The van der Waals surface area contributed by atoms with Crippen molar-refractivity contribution in [2.24, 2.45) is 0 Å². The van der Waals surface area contributed by atoms with E-state index in [1.165, 1.54) is 37.4 Å². The highest BCUT2D eigenvalue weighted by Gasteiger charge is 2.32. The third-order valence-electron chi connectivity index (χ3n) is 3.78. The Morgan fingerprint density at radius 1 is 1.07 bits per heavy atom. The summed E-state index contributed by atoms with van der Waals surface area (Å²) >= 11 is 0. The fourth-order valence-corrected chi connectivity index (χ4v) is 3.79. The molecule has 0 aliphatic heterocycles. The molecule has 0 unspecified atom stereocenters. The van der Waals surface area contributed by atoms with Crippen LogP contribution in [0.15, 0.2) is 53.4 Å². The summed E-state index contributed by atoms with van der Waals surface area (Å²) in [7, 11) is -0.477. The maximum atomic E-state index is 12.5. The minimum atomic E-state index is -4.79. The Bertz CT molecular complexity index is 869. The maximum Gasteiger partial charge on any atom is 0.573 e. The van der Waals surface area contributed by atoms with Gasteiger partial charge in [0.25, 0.3) is 0 Å². The molecule has 2 rings (SSSR count). The molecule has 0 saturated heterocycles. The van der Waals surface area contributed by atoms with Crippen molar-refractivity contribution >= 4 is 9.84 Å². The molecule has 0 radical (unpaired) electrons. The first-order chi connectivity index (χ1) is 12.6. The second kappa shape index (κ2) is 8.62. The van der Waals surface area contributed by atoms with E-state index in [2.05, 4.69) is 4.74 Å². The van der Waals surface area contributed by atoms with Crippen molar-refractivity contribution in [3.05, 3.63) is 54.1 Å². The Morgan fingerprint density at radius 3 is 2.44 bits per heavy atom. The van der Waals surface area contributed by atoms with Gasteiger partial charge in [-0.15, -0.1) is 13.2 Å². The zero-order valence-electron chi connectivity index (χ0n) is 14.9. The van der Waals surface area contributed by atoms with E-state index < -0.39 is 16.2 Å². The molecule has 0 saturated carbocycles. The van der Waals surface area contributed by atoms with Gasteiger partial charge in [-0.05, 0) is 31.3 Å². The Labute approximate surface area is 156 Å². The molecule has 27 heavy (non-hydrogen) atoms. The first-order valence-electron chi connectivity index (χ1n) is 8.00. The standard InChI is InChI=1S/C18H20F3NO4S/c1-22(13-14-6-3-4-9-17(14)26-18(19,20)21)10-11-27(23,24)16-8-5-7-15(12-16)25-2/h3-9,12H,10-11,13H2,1-2H3. The molecular formula is C18H20F3NO4S. The number of nitrogens with zero attached hydrogens (tertiary/aromatic N) is 1. The van der Waals surface area contributed by atoms with E-state index in [1.54, 1.807) is 30.1 Å². The first kappa shape index (κ1) is 21.0. The van der Waals surface area contributed by atoms with Crippen molar-refractivity contribution < 1.29 is 31.1 Å². The summed E-state index contributed by atoms with van der Waals surface area (Å²) in [5, 5.41) is 0. The average Bonchev–Trinajstić information content (AvgIpc) is 2.60. The molecule has 148 valence electrons. The van der Waals surface area contributed by atoms with Crippen molar-refractivity contribution in [2.45, 2.75) is 17.8 Å². The monoisotopic (exact) mass is 403 g/mol. The van der Waals surface area contributed by atoms with Crippen LogP contribution in [0.2, 0.25) is 0 Å². The fraction of sp³-hybridized carbons (Fsp3) is 0.333. The number of rotatable bonds is 8. The summed E-state index contributed by atoms with van der Waals surface area (Å²) < 4.78 is 71.4. The molecule has 0 fully saturated rings. The molecule has 5 nitrogen and oxygen atoms in total. The van der Waals surface area contributed by atoms with Gasteiger partial charge in [-0.3, -0.25) is 0 Å². The normalized spacial score (nSPS) is 12.2. The van der Waals surface area contributed by atoms with Crippen LogP contribution < -0.4 is 9.47 Å². The van der Waals surface area contributed by atoms with Gasteiger partial charge in [0.2, 0.25) is 0 Å². The molecule has 0 aromatic heterocycles. The molecule has 0 atom stereocenters. The topological polar surface area (TPSA) is 55.8 Å². The second-order valence-corrected chi connectivity index (χ2v) is 8.00. The lowest BCUT2D eigenvalue weighted by molar-refractivity contribution is -0.275. The van der Waals surface area contributed by atoms with Crippen molar-refractivity contribution in [1.82, 2.24) is 4.90 Å². The number of halogens is 3. The number of para-hydroxylation sites is 1. The molecule has 0 heterocycles. The third-order valence-corrected chi connectivity index (χ3v) is 5.47. The van der Waals surface area contributed by atoms with Gasteiger partial charge in [0.05, 0.1) is 17.8 Å². The molecule has 0 amide bonds. The Morgan fingerprint density at radius 2 is 1.78 bits per heavy atom. The summed E-state index contributed by atoms with van der Waals surface area (Å²) in [5.41, 5.74) is 0.316. The summed E-state index contributed by atoms with van der Waals surface area (Å²) in [6.45, 7) is 0.250. The molecule has 2 aromatic carbocycles. The van der Waals surface area contributed by atoms with Crippen LogP contribution in [0.5, 0.6) is 11.5 Å². The summed E-state index contributed by atoms with van der Waals surface area (Å²) in [6.07, 6.45) is -4.79. The third kappa shape index (κ3) is 6.44. The lowest BCUT2D eigenvalue weighted by atomic mass is 10.2. The van der Waals surface area contributed by atoms with E-state index in [-0.39, 0.29) is 29.5 Å². The van der Waals surface area contributed by atoms with E-state index in [0.717, 1.165) is 0 Å². The number of sulfone groups is 1. The fourth-order valence-electron chi connectivity index (χ4n) is 2.42. The number of benzene rings is 2. The van der Waals surface area contributed by atoms with E-state index >= 15 is 0 Å². The van der Waals surface area contributed by atoms with Crippen LogP contribution in [0.3, 0.4) is 0 Å². The van der Waals surface area contributed by atoms with Crippen LogP contribution in [0.1, 0.15) is 5.56 Å². The van der Waals surface area contributed by atoms with Crippen LogP contribution in [0.25, 0.3) is 0 Å². The molecule has 0 spiro atoms. The molecular weight excluding hydrogens is 383 g/mol. The minimum Gasteiger partial charge on any atom is -0.497 e. The number of alkyl halides is 3. The Balaban J connectivity index is 2.03. The van der Waals surface area contributed by atoms with E-state index in [0.29, 0.717) is 11.3 Å². The van der Waals surface area contributed by atoms with Crippen molar-refractivity contribution in [1.29, 1.82) is 0 Å². The number of ether oxygens (including phenoxy) is 2. The second-order valence-electron chi connectivity index (χ2n) is 5.89. The Hall–Kier alpha value is -2.26. The zero-order valence-corrected chi connectivity index (χ0v) is 15.7. The largest absolute Gasteiger partial charge is 0.573 e.